The molecular formula is C14H24O4. The molecule has 2 saturated carbocycles. The highest BCUT2D eigenvalue weighted by Gasteiger charge is 2.55. The van der Waals surface area contributed by atoms with Crippen molar-refractivity contribution >= 4 is 5.97 Å². The van der Waals surface area contributed by atoms with Crippen LogP contribution >= 0.6 is 0 Å². The number of carboxylic acid groups (broad SMARTS) is 1. The standard InChI is InChI=1S/C14H24O4/c1-17-6-2-7-18-8-5-14(13(15)16)10-11-3-4-12(14)9-11/h11-12H,2-10H2,1H3,(H,15,16). The van der Waals surface area contributed by atoms with Crippen molar-refractivity contribution in [1.29, 1.82) is 0 Å². The fraction of sp³-hybridized carbons (Fsp3) is 0.929. The molecule has 4 heteroatoms. The Labute approximate surface area is 109 Å². The van der Waals surface area contributed by atoms with E-state index in [4.69, 9.17) is 9.47 Å². The maximum absolute atomic E-state index is 11.6. The van der Waals surface area contributed by atoms with Crippen LogP contribution in [0.1, 0.15) is 38.5 Å². The van der Waals surface area contributed by atoms with E-state index < -0.39 is 11.4 Å². The maximum Gasteiger partial charge on any atom is 0.310 e. The topological polar surface area (TPSA) is 55.8 Å². The zero-order valence-electron chi connectivity index (χ0n) is 11.2. The first-order valence-electron chi connectivity index (χ1n) is 6.99. The molecular weight excluding hydrogens is 232 g/mol. The number of aliphatic carboxylic acids is 1. The van der Waals surface area contributed by atoms with Gasteiger partial charge in [-0.2, -0.15) is 0 Å². The molecule has 0 aromatic rings. The van der Waals surface area contributed by atoms with Crippen LogP contribution in [0.2, 0.25) is 0 Å². The monoisotopic (exact) mass is 256 g/mol. The summed E-state index contributed by atoms with van der Waals surface area (Å²) in [4.78, 5) is 11.6. The van der Waals surface area contributed by atoms with Crippen molar-refractivity contribution in [3.63, 3.8) is 0 Å². The fourth-order valence-corrected chi connectivity index (χ4v) is 3.78. The third-order valence-corrected chi connectivity index (χ3v) is 4.73. The molecule has 2 aliphatic carbocycles. The van der Waals surface area contributed by atoms with Crippen molar-refractivity contribution in [2.24, 2.45) is 17.3 Å². The fourth-order valence-electron chi connectivity index (χ4n) is 3.78. The molecule has 1 N–H and O–H groups in total. The van der Waals surface area contributed by atoms with Crippen LogP contribution in [0.5, 0.6) is 0 Å². The Morgan fingerprint density at radius 3 is 2.72 bits per heavy atom. The van der Waals surface area contributed by atoms with Gasteiger partial charge in [0.05, 0.1) is 5.41 Å². The molecule has 0 aliphatic heterocycles. The predicted octanol–water partition coefficient (Wildman–Crippen LogP) is 2.32. The second-order valence-corrected chi connectivity index (χ2v) is 5.75. The lowest BCUT2D eigenvalue weighted by Gasteiger charge is -2.33. The lowest BCUT2D eigenvalue weighted by molar-refractivity contribution is -0.154. The van der Waals surface area contributed by atoms with Gasteiger partial charge < -0.3 is 14.6 Å². The van der Waals surface area contributed by atoms with Crippen molar-refractivity contribution in [2.45, 2.75) is 38.5 Å². The first-order valence-corrected chi connectivity index (χ1v) is 6.99. The van der Waals surface area contributed by atoms with E-state index in [9.17, 15) is 9.90 Å². The van der Waals surface area contributed by atoms with Crippen LogP contribution < -0.4 is 0 Å². The number of hydrogen-bond acceptors (Lipinski definition) is 3. The van der Waals surface area contributed by atoms with E-state index in [1.54, 1.807) is 7.11 Å². The van der Waals surface area contributed by atoms with Gasteiger partial charge in [0.2, 0.25) is 0 Å². The first-order chi connectivity index (χ1) is 8.69. The molecule has 2 bridgehead atoms. The number of ether oxygens (including phenoxy) is 2. The Balaban J connectivity index is 1.76. The summed E-state index contributed by atoms with van der Waals surface area (Å²) in [5.74, 6) is 0.442. The summed E-state index contributed by atoms with van der Waals surface area (Å²) in [5, 5.41) is 9.55. The molecule has 0 heterocycles. The van der Waals surface area contributed by atoms with Crippen LogP contribution in [-0.2, 0) is 14.3 Å². The summed E-state index contributed by atoms with van der Waals surface area (Å²) >= 11 is 0. The van der Waals surface area contributed by atoms with Crippen LogP contribution in [0.4, 0.5) is 0 Å². The molecule has 3 atom stereocenters. The molecule has 4 nitrogen and oxygen atoms in total. The lowest BCUT2D eigenvalue weighted by atomic mass is 9.71. The van der Waals surface area contributed by atoms with Crippen molar-refractivity contribution in [3.8, 4) is 0 Å². The van der Waals surface area contributed by atoms with Gasteiger partial charge in [0.15, 0.2) is 0 Å². The van der Waals surface area contributed by atoms with E-state index >= 15 is 0 Å². The van der Waals surface area contributed by atoms with Gasteiger partial charge in [-0.1, -0.05) is 6.42 Å². The van der Waals surface area contributed by atoms with E-state index in [1.807, 2.05) is 0 Å². The molecule has 2 fully saturated rings. The predicted molar refractivity (Wildman–Crippen MR) is 67.4 cm³/mol. The summed E-state index contributed by atoms with van der Waals surface area (Å²) in [6.45, 7) is 1.94. The van der Waals surface area contributed by atoms with Gasteiger partial charge in [-0.15, -0.1) is 0 Å². The molecule has 0 amide bonds. The molecule has 0 aromatic heterocycles. The second kappa shape index (κ2) is 6.02. The van der Waals surface area contributed by atoms with Crippen LogP contribution in [-0.4, -0.2) is 38.0 Å². The first kappa shape index (κ1) is 13.8. The van der Waals surface area contributed by atoms with Gasteiger partial charge in [-0.3, -0.25) is 4.79 Å². The molecule has 0 aromatic carbocycles. The third-order valence-electron chi connectivity index (χ3n) is 4.73. The number of carbonyl (C=O) groups is 1. The molecule has 0 saturated heterocycles. The summed E-state index contributed by atoms with van der Waals surface area (Å²) in [7, 11) is 1.68. The minimum absolute atomic E-state index is 0.391. The zero-order valence-corrected chi connectivity index (χ0v) is 11.2. The highest BCUT2D eigenvalue weighted by atomic mass is 16.5. The lowest BCUT2D eigenvalue weighted by Crippen LogP contribution is -2.37. The van der Waals surface area contributed by atoms with Crippen LogP contribution in [0, 0.1) is 17.3 Å². The maximum atomic E-state index is 11.6. The summed E-state index contributed by atoms with van der Waals surface area (Å²) in [6, 6.07) is 0. The number of hydrogen-bond donors (Lipinski definition) is 1. The van der Waals surface area contributed by atoms with Gasteiger partial charge in [0.25, 0.3) is 0 Å². The zero-order chi connectivity index (χ0) is 13.0. The Kier molecular flexibility index (Phi) is 4.62. The molecule has 0 spiro atoms. The number of carboxylic acids is 1. The summed E-state index contributed by atoms with van der Waals surface area (Å²) in [6.07, 6.45) is 5.87. The smallest absolute Gasteiger partial charge is 0.310 e. The van der Waals surface area contributed by atoms with Crippen LogP contribution in [0.3, 0.4) is 0 Å². The summed E-state index contributed by atoms with van der Waals surface area (Å²) < 4.78 is 10.5. The quantitative estimate of drug-likeness (QED) is 0.677. The molecule has 18 heavy (non-hydrogen) atoms. The average molecular weight is 256 g/mol. The van der Waals surface area contributed by atoms with Gasteiger partial charge >= 0.3 is 5.97 Å². The Morgan fingerprint density at radius 2 is 2.17 bits per heavy atom. The minimum Gasteiger partial charge on any atom is -0.481 e. The number of fused-ring (bicyclic) bond motifs is 2. The molecule has 104 valence electrons. The molecule has 2 rings (SSSR count). The van der Waals surface area contributed by atoms with Gasteiger partial charge in [-0.05, 0) is 43.9 Å². The third kappa shape index (κ3) is 2.69. The van der Waals surface area contributed by atoms with E-state index in [0.717, 1.165) is 25.7 Å². The van der Waals surface area contributed by atoms with Crippen LogP contribution in [0.15, 0.2) is 0 Å². The van der Waals surface area contributed by atoms with Crippen LogP contribution in [0.25, 0.3) is 0 Å². The number of methoxy groups -OCH3 is 1. The van der Waals surface area contributed by atoms with Crippen molar-refractivity contribution in [2.75, 3.05) is 26.9 Å². The van der Waals surface area contributed by atoms with Gasteiger partial charge in [-0.25, -0.2) is 0 Å². The van der Waals surface area contributed by atoms with E-state index in [1.165, 1.54) is 6.42 Å². The van der Waals surface area contributed by atoms with E-state index in [0.29, 0.717) is 38.1 Å². The Bertz CT molecular complexity index is 292. The minimum atomic E-state index is -0.602. The second-order valence-electron chi connectivity index (χ2n) is 5.75. The molecule has 0 radical (unpaired) electrons. The van der Waals surface area contributed by atoms with Gasteiger partial charge in [0, 0.05) is 26.9 Å². The summed E-state index contributed by atoms with van der Waals surface area (Å²) in [5.41, 5.74) is -0.482. The molecule has 3 unspecified atom stereocenters. The Hall–Kier alpha value is -0.610. The number of rotatable bonds is 8. The normalized spacial score (nSPS) is 34.1. The highest BCUT2D eigenvalue weighted by molar-refractivity contribution is 5.75. The SMILES string of the molecule is COCCCOCCC1(C(=O)O)CC2CCC1C2. The van der Waals surface area contributed by atoms with Gasteiger partial charge in [0.1, 0.15) is 0 Å². The Morgan fingerprint density at radius 1 is 1.33 bits per heavy atom. The van der Waals surface area contributed by atoms with E-state index in [-0.39, 0.29) is 0 Å². The molecule has 2 aliphatic rings. The average Bonchev–Trinajstić information content (AvgIpc) is 2.94. The highest BCUT2D eigenvalue weighted by Crippen LogP contribution is 2.57. The van der Waals surface area contributed by atoms with E-state index in [2.05, 4.69) is 0 Å². The van der Waals surface area contributed by atoms with Crippen molar-refractivity contribution < 1.29 is 19.4 Å². The van der Waals surface area contributed by atoms with Crippen molar-refractivity contribution in [1.82, 2.24) is 0 Å². The largest absolute Gasteiger partial charge is 0.481 e. The van der Waals surface area contributed by atoms with Crippen molar-refractivity contribution in [3.05, 3.63) is 0 Å².